The summed E-state index contributed by atoms with van der Waals surface area (Å²) in [5.74, 6) is 0.715. The molecule has 1 unspecified atom stereocenters. The van der Waals surface area contributed by atoms with E-state index < -0.39 is 0 Å². The summed E-state index contributed by atoms with van der Waals surface area (Å²) in [6, 6.07) is 6.16. The lowest BCUT2D eigenvalue weighted by atomic mass is 9.82. The number of aromatic nitrogens is 1. The number of nitrogens with one attached hydrogen (secondary N) is 1. The molecule has 5 heteroatoms. The van der Waals surface area contributed by atoms with Crippen LogP contribution in [0.2, 0.25) is 0 Å². The van der Waals surface area contributed by atoms with Crippen molar-refractivity contribution in [3.8, 4) is 5.75 Å². The SMILES string of the molecule is COc1ccc(C(=O)NC2CCC3(CC2)CC3N)c2ccncc12. The molecular weight excluding hydrogens is 302 g/mol. The second-order valence-electron chi connectivity index (χ2n) is 7.16. The Labute approximate surface area is 141 Å². The molecule has 0 radical (unpaired) electrons. The van der Waals surface area contributed by atoms with E-state index in [9.17, 15) is 4.79 Å². The minimum atomic E-state index is -0.0186. The first-order valence-electron chi connectivity index (χ1n) is 8.60. The van der Waals surface area contributed by atoms with E-state index in [0.717, 1.165) is 48.6 Å². The first kappa shape index (κ1) is 15.4. The molecule has 4 rings (SSSR count). The zero-order valence-electron chi connectivity index (χ0n) is 13.9. The average molecular weight is 325 g/mol. The molecule has 24 heavy (non-hydrogen) atoms. The van der Waals surface area contributed by atoms with Crippen LogP contribution in [0.3, 0.4) is 0 Å². The van der Waals surface area contributed by atoms with Crippen LogP contribution >= 0.6 is 0 Å². The van der Waals surface area contributed by atoms with E-state index in [-0.39, 0.29) is 11.9 Å². The van der Waals surface area contributed by atoms with Crippen LogP contribution in [0.4, 0.5) is 0 Å². The number of hydrogen-bond acceptors (Lipinski definition) is 4. The number of nitrogens with two attached hydrogens (primary N) is 1. The van der Waals surface area contributed by atoms with E-state index in [1.54, 1.807) is 19.5 Å². The van der Waals surface area contributed by atoms with Crippen molar-refractivity contribution in [2.24, 2.45) is 11.1 Å². The van der Waals surface area contributed by atoms with Gasteiger partial charge in [0.25, 0.3) is 5.91 Å². The third-order valence-electron chi connectivity index (χ3n) is 5.81. The van der Waals surface area contributed by atoms with Gasteiger partial charge in [-0.05, 0) is 55.7 Å². The van der Waals surface area contributed by atoms with Crippen LogP contribution in [0.5, 0.6) is 5.75 Å². The van der Waals surface area contributed by atoms with Crippen LogP contribution in [0.25, 0.3) is 10.8 Å². The highest BCUT2D eigenvalue weighted by atomic mass is 16.5. The lowest BCUT2D eigenvalue weighted by Crippen LogP contribution is -2.39. The molecule has 126 valence electrons. The highest BCUT2D eigenvalue weighted by Crippen LogP contribution is 2.55. The Morgan fingerprint density at radius 2 is 2.04 bits per heavy atom. The van der Waals surface area contributed by atoms with Crippen LogP contribution in [-0.4, -0.2) is 30.1 Å². The van der Waals surface area contributed by atoms with Crippen molar-refractivity contribution in [2.45, 2.75) is 44.2 Å². The molecule has 1 spiro atoms. The van der Waals surface area contributed by atoms with Crippen molar-refractivity contribution in [1.29, 1.82) is 0 Å². The van der Waals surface area contributed by atoms with Crippen LogP contribution < -0.4 is 15.8 Å². The Morgan fingerprint density at radius 1 is 1.29 bits per heavy atom. The molecule has 0 bridgehead atoms. The maximum atomic E-state index is 12.8. The topological polar surface area (TPSA) is 77.2 Å². The Balaban J connectivity index is 1.52. The molecule has 2 aromatic rings. The number of methoxy groups -OCH3 is 1. The standard InChI is InChI=1S/C19H23N3O2/c1-24-16-3-2-14(13-6-9-21-11-15(13)16)18(23)22-12-4-7-19(8-5-12)10-17(19)20/h2-3,6,9,11-12,17H,4-5,7-8,10,20H2,1H3,(H,22,23). The second kappa shape index (κ2) is 5.74. The van der Waals surface area contributed by atoms with Gasteiger partial charge < -0.3 is 15.8 Å². The zero-order valence-corrected chi connectivity index (χ0v) is 13.9. The van der Waals surface area contributed by atoms with Crippen molar-refractivity contribution in [1.82, 2.24) is 10.3 Å². The van der Waals surface area contributed by atoms with Gasteiger partial charge in [0.05, 0.1) is 7.11 Å². The summed E-state index contributed by atoms with van der Waals surface area (Å²) in [4.78, 5) is 16.9. The lowest BCUT2D eigenvalue weighted by Gasteiger charge is -2.29. The molecule has 2 fully saturated rings. The maximum absolute atomic E-state index is 12.8. The second-order valence-corrected chi connectivity index (χ2v) is 7.16. The van der Waals surface area contributed by atoms with E-state index in [1.165, 1.54) is 0 Å². The molecule has 5 nitrogen and oxygen atoms in total. The van der Waals surface area contributed by atoms with Crippen LogP contribution in [0, 0.1) is 5.41 Å². The molecule has 1 amide bonds. The molecule has 2 saturated carbocycles. The fraction of sp³-hybridized carbons (Fsp3) is 0.474. The number of rotatable bonds is 3. The van der Waals surface area contributed by atoms with Gasteiger partial charge in [-0.15, -0.1) is 0 Å². The van der Waals surface area contributed by atoms with Gasteiger partial charge in [0.1, 0.15) is 5.75 Å². The molecule has 2 aliphatic rings. The van der Waals surface area contributed by atoms with Crippen molar-refractivity contribution >= 4 is 16.7 Å². The Bertz CT molecular complexity index is 781. The van der Waals surface area contributed by atoms with Gasteiger partial charge in [-0.3, -0.25) is 9.78 Å². The molecule has 1 aromatic heterocycles. The van der Waals surface area contributed by atoms with E-state index in [0.29, 0.717) is 17.0 Å². The summed E-state index contributed by atoms with van der Waals surface area (Å²) in [7, 11) is 1.63. The third kappa shape index (κ3) is 2.53. The predicted molar refractivity (Wildman–Crippen MR) is 93.0 cm³/mol. The minimum absolute atomic E-state index is 0.0186. The number of carbonyl (C=O) groups is 1. The fourth-order valence-corrected chi connectivity index (χ4v) is 4.09. The van der Waals surface area contributed by atoms with Crippen molar-refractivity contribution < 1.29 is 9.53 Å². The largest absolute Gasteiger partial charge is 0.496 e. The van der Waals surface area contributed by atoms with Crippen molar-refractivity contribution in [3.63, 3.8) is 0 Å². The molecule has 1 heterocycles. The summed E-state index contributed by atoms with van der Waals surface area (Å²) in [5, 5.41) is 4.94. The first-order chi connectivity index (χ1) is 11.6. The normalized spacial score (nSPS) is 28.8. The molecule has 0 aliphatic heterocycles. The van der Waals surface area contributed by atoms with Gasteiger partial charge in [-0.25, -0.2) is 0 Å². The van der Waals surface area contributed by atoms with Crippen LogP contribution in [0.15, 0.2) is 30.6 Å². The number of amides is 1. The Morgan fingerprint density at radius 3 is 2.71 bits per heavy atom. The highest BCUT2D eigenvalue weighted by molar-refractivity contribution is 6.08. The van der Waals surface area contributed by atoms with Crippen LogP contribution in [-0.2, 0) is 0 Å². The summed E-state index contributed by atoms with van der Waals surface area (Å²) >= 11 is 0. The average Bonchev–Trinajstić information content (AvgIpc) is 3.24. The molecule has 1 atom stereocenters. The molecule has 3 N–H and O–H groups in total. The van der Waals surface area contributed by atoms with Crippen LogP contribution in [0.1, 0.15) is 42.5 Å². The fourth-order valence-electron chi connectivity index (χ4n) is 4.09. The third-order valence-corrected chi connectivity index (χ3v) is 5.81. The Hall–Kier alpha value is -2.14. The van der Waals surface area contributed by atoms with Gasteiger partial charge in [0.2, 0.25) is 0 Å². The molecular formula is C19H23N3O2. The molecule has 0 saturated heterocycles. The van der Waals surface area contributed by atoms with Gasteiger partial charge >= 0.3 is 0 Å². The van der Waals surface area contributed by atoms with E-state index in [2.05, 4.69) is 10.3 Å². The summed E-state index contributed by atoms with van der Waals surface area (Å²) in [5.41, 5.74) is 7.12. The number of hydrogen-bond donors (Lipinski definition) is 2. The molecule has 1 aromatic carbocycles. The van der Waals surface area contributed by atoms with Gasteiger partial charge in [0.15, 0.2) is 0 Å². The monoisotopic (exact) mass is 325 g/mol. The predicted octanol–water partition coefficient (Wildman–Crippen LogP) is 2.63. The van der Waals surface area contributed by atoms with Gasteiger partial charge in [0, 0.05) is 40.8 Å². The number of benzene rings is 1. The van der Waals surface area contributed by atoms with Crippen molar-refractivity contribution in [2.75, 3.05) is 7.11 Å². The number of fused-ring (bicyclic) bond motifs is 1. The summed E-state index contributed by atoms with van der Waals surface area (Å²) in [6.45, 7) is 0. The smallest absolute Gasteiger partial charge is 0.252 e. The quantitative estimate of drug-likeness (QED) is 0.909. The van der Waals surface area contributed by atoms with E-state index in [1.807, 2.05) is 18.2 Å². The first-order valence-corrected chi connectivity index (χ1v) is 8.60. The number of carbonyl (C=O) groups excluding carboxylic acids is 1. The van der Waals surface area contributed by atoms with E-state index >= 15 is 0 Å². The lowest BCUT2D eigenvalue weighted by molar-refractivity contribution is 0.0920. The highest BCUT2D eigenvalue weighted by Gasteiger charge is 2.52. The van der Waals surface area contributed by atoms with Crippen molar-refractivity contribution in [3.05, 3.63) is 36.2 Å². The van der Waals surface area contributed by atoms with Gasteiger partial charge in [-0.2, -0.15) is 0 Å². The van der Waals surface area contributed by atoms with E-state index in [4.69, 9.17) is 10.5 Å². The maximum Gasteiger partial charge on any atom is 0.252 e. The zero-order chi connectivity index (χ0) is 16.7. The summed E-state index contributed by atoms with van der Waals surface area (Å²) < 4.78 is 5.37. The number of ether oxygens (including phenoxy) is 1. The number of nitrogens with zero attached hydrogens (tertiary/aromatic N) is 1. The molecule has 2 aliphatic carbocycles. The number of pyridine rings is 1. The minimum Gasteiger partial charge on any atom is -0.496 e. The van der Waals surface area contributed by atoms with Gasteiger partial charge in [-0.1, -0.05) is 0 Å². The summed E-state index contributed by atoms with van der Waals surface area (Å²) in [6.07, 6.45) is 8.91. The Kier molecular flexibility index (Phi) is 3.68.